The van der Waals surface area contributed by atoms with Gasteiger partial charge in [-0.25, -0.2) is 0 Å². The van der Waals surface area contributed by atoms with Gasteiger partial charge in [0.05, 0.1) is 11.1 Å². The molecule has 2 rings (SSSR count). The topological polar surface area (TPSA) is 44.5 Å². The van der Waals surface area contributed by atoms with Crippen LogP contribution in [0.1, 0.15) is 18.1 Å². The summed E-state index contributed by atoms with van der Waals surface area (Å²) in [6, 6.07) is 14.1. The molecule has 0 saturated carbocycles. The quantitative estimate of drug-likeness (QED) is 0.846. The molecular formula is C17H20BrNO2. The van der Waals surface area contributed by atoms with Crippen molar-refractivity contribution >= 4 is 15.9 Å². The van der Waals surface area contributed by atoms with Crippen LogP contribution in [-0.2, 0) is 17.8 Å². The second-order valence-corrected chi connectivity index (χ2v) is 5.98. The first kappa shape index (κ1) is 16.0. The van der Waals surface area contributed by atoms with Gasteiger partial charge < -0.3 is 15.2 Å². The lowest BCUT2D eigenvalue weighted by Gasteiger charge is -2.11. The molecule has 0 spiro atoms. The number of hydrogen-bond donors (Lipinski definition) is 1. The predicted molar refractivity (Wildman–Crippen MR) is 88.7 cm³/mol. The van der Waals surface area contributed by atoms with E-state index < -0.39 is 0 Å². The average Bonchev–Trinajstić information content (AvgIpc) is 2.42. The Labute approximate surface area is 134 Å². The van der Waals surface area contributed by atoms with Gasteiger partial charge in [0, 0.05) is 13.2 Å². The Morgan fingerprint density at radius 1 is 1.14 bits per heavy atom. The second-order valence-electron chi connectivity index (χ2n) is 5.13. The minimum Gasteiger partial charge on any atom is -0.456 e. The van der Waals surface area contributed by atoms with Gasteiger partial charge >= 0.3 is 0 Å². The fourth-order valence-electron chi connectivity index (χ4n) is 2.12. The van der Waals surface area contributed by atoms with Crippen molar-refractivity contribution in [3.63, 3.8) is 0 Å². The lowest BCUT2D eigenvalue weighted by Crippen LogP contribution is -2.17. The third-order valence-corrected chi connectivity index (χ3v) is 3.61. The third kappa shape index (κ3) is 4.84. The van der Waals surface area contributed by atoms with Crippen LogP contribution >= 0.6 is 15.9 Å². The molecule has 1 unspecified atom stereocenters. The molecule has 3 nitrogen and oxygen atoms in total. The number of methoxy groups -OCH3 is 1. The Kier molecular flexibility index (Phi) is 5.79. The summed E-state index contributed by atoms with van der Waals surface area (Å²) < 4.78 is 12.0. The standard InChI is InChI=1S/C17H20BrNO2/c1-12(19)8-13-6-7-17(16(18)10-13)21-15-5-3-4-14(9-15)11-20-2/h3-7,9-10,12H,8,11,19H2,1-2H3. The normalized spacial score (nSPS) is 12.2. The fraction of sp³-hybridized carbons (Fsp3) is 0.294. The second kappa shape index (κ2) is 7.59. The molecule has 2 aromatic rings. The van der Waals surface area contributed by atoms with Crippen LogP contribution in [0.25, 0.3) is 0 Å². The summed E-state index contributed by atoms with van der Waals surface area (Å²) in [5, 5.41) is 0. The number of halogens is 1. The van der Waals surface area contributed by atoms with Crippen LogP contribution in [0.2, 0.25) is 0 Å². The van der Waals surface area contributed by atoms with Crippen LogP contribution < -0.4 is 10.5 Å². The van der Waals surface area contributed by atoms with E-state index in [0.29, 0.717) is 6.61 Å². The van der Waals surface area contributed by atoms with E-state index in [-0.39, 0.29) is 6.04 Å². The number of benzene rings is 2. The van der Waals surface area contributed by atoms with Crippen molar-refractivity contribution in [3.8, 4) is 11.5 Å². The molecule has 1 atom stereocenters. The Morgan fingerprint density at radius 3 is 2.62 bits per heavy atom. The van der Waals surface area contributed by atoms with E-state index in [9.17, 15) is 0 Å². The smallest absolute Gasteiger partial charge is 0.141 e. The van der Waals surface area contributed by atoms with Gasteiger partial charge in [0.2, 0.25) is 0 Å². The van der Waals surface area contributed by atoms with Gasteiger partial charge in [0.1, 0.15) is 11.5 Å². The first-order valence-corrected chi connectivity index (χ1v) is 7.67. The summed E-state index contributed by atoms with van der Waals surface area (Å²) in [5.74, 6) is 1.59. The van der Waals surface area contributed by atoms with Crippen LogP contribution in [-0.4, -0.2) is 13.2 Å². The maximum absolute atomic E-state index is 5.92. The molecule has 112 valence electrons. The summed E-state index contributed by atoms with van der Waals surface area (Å²) in [6.07, 6.45) is 0.849. The highest BCUT2D eigenvalue weighted by Gasteiger charge is 2.06. The molecule has 2 N–H and O–H groups in total. The van der Waals surface area contributed by atoms with Crippen molar-refractivity contribution in [2.45, 2.75) is 26.0 Å². The van der Waals surface area contributed by atoms with Gasteiger partial charge in [-0.05, 0) is 64.7 Å². The molecular weight excluding hydrogens is 330 g/mol. The van der Waals surface area contributed by atoms with Crippen LogP contribution in [0.3, 0.4) is 0 Å². The summed E-state index contributed by atoms with van der Waals surface area (Å²) in [7, 11) is 1.68. The van der Waals surface area contributed by atoms with Gasteiger partial charge in [-0.15, -0.1) is 0 Å². The molecule has 2 aromatic carbocycles. The number of nitrogens with two attached hydrogens (primary N) is 1. The Hall–Kier alpha value is -1.36. The fourth-order valence-corrected chi connectivity index (χ4v) is 2.63. The van der Waals surface area contributed by atoms with Crippen molar-refractivity contribution in [1.82, 2.24) is 0 Å². The third-order valence-electron chi connectivity index (χ3n) is 2.99. The van der Waals surface area contributed by atoms with Crippen molar-refractivity contribution in [3.05, 3.63) is 58.1 Å². The van der Waals surface area contributed by atoms with Crippen molar-refractivity contribution in [1.29, 1.82) is 0 Å². The summed E-state index contributed by atoms with van der Waals surface area (Å²) in [6.45, 7) is 2.57. The number of hydrogen-bond acceptors (Lipinski definition) is 3. The van der Waals surface area contributed by atoms with Crippen molar-refractivity contribution in [2.75, 3.05) is 7.11 Å². The molecule has 0 amide bonds. The molecule has 0 aliphatic heterocycles. The molecule has 0 aliphatic rings. The van der Waals surface area contributed by atoms with E-state index in [1.807, 2.05) is 43.3 Å². The Morgan fingerprint density at radius 2 is 1.95 bits per heavy atom. The van der Waals surface area contributed by atoms with E-state index >= 15 is 0 Å². The lowest BCUT2D eigenvalue weighted by atomic mass is 10.1. The minimum atomic E-state index is 0.148. The SMILES string of the molecule is COCc1cccc(Oc2ccc(CC(C)N)cc2Br)c1. The van der Waals surface area contributed by atoms with E-state index in [0.717, 1.165) is 28.0 Å². The molecule has 0 saturated heterocycles. The number of rotatable bonds is 6. The molecule has 0 fully saturated rings. The molecule has 0 aromatic heterocycles. The van der Waals surface area contributed by atoms with Crippen LogP contribution in [0, 0.1) is 0 Å². The largest absolute Gasteiger partial charge is 0.456 e. The van der Waals surface area contributed by atoms with Crippen molar-refractivity contribution < 1.29 is 9.47 Å². The predicted octanol–water partition coefficient (Wildman–Crippen LogP) is 4.28. The van der Waals surface area contributed by atoms with E-state index in [1.54, 1.807) is 7.11 Å². The van der Waals surface area contributed by atoms with Gasteiger partial charge in [0.25, 0.3) is 0 Å². The molecule has 0 aliphatic carbocycles. The monoisotopic (exact) mass is 349 g/mol. The Balaban J connectivity index is 2.14. The van der Waals surface area contributed by atoms with Crippen molar-refractivity contribution in [2.24, 2.45) is 5.73 Å². The van der Waals surface area contributed by atoms with E-state index in [2.05, 4.69) is 22.0 Å². The molecule has 0 heterocycles. The summed E-state index contributed by atoms with van der Waals surface area (Å²) in [5.41, 5.74) is 8.10. The minimum absolute atomic E-state index is 0.148. The van der Waals surface area contributed by atoms with Gasteiger partial charge in [-0.2, -0.15) is 0 Å². The molecule has 0 bridgehead atoms. The zero-order chi connectivity index (χ0) is 15.2. The average molecular weight is 350 g/mol. The maximum Gasteiger partial charge on any atom is 0.141 e. The molecule has 21 heavy (non-hydrogen) atoms. The summed E-state index contributed by atoms with van der Waals surface area (Å²) >= 11 is 3.55. The molecule has 4 heteroatoms. The van der Waals surface area contributed by atoms with E-state index in [4.69, 9.17) is 15.2 Å². The first-order valence-electron chi connectivity index (χ1n) is 6.88. The zero-order valence-electron chi connectivity index (χ0n) is 12.3. The van der Waals surface area contributed by atoms with Gasteiger partial charge in [-0.1, -0.05) is 18.2 Å². The maximum atomic E-state index is 5.92. The molecule has 0 radical (unpaired) electrons. The Bertz CT molecular complexity index is 599. The van der Waals surface area contributed by atoms with E-state index in [1.165, 1.54) is 5.56 Å². The van der Waals surface area contributed by atoms with Crippen LogP contribution in [0.15, 0.2) is 46.9 Å². The van der Waals surface area contributed by atoms with Gasteiger partial charge in [-0.3, -0.25) is 0 Å². The summed E-state index contributed by atoms with van der Waals surface area (Å²) in [4.78, 5) is 0. The zero-order valence-corrected chi connectivity index (χ0v) is 13.9. The highest BCUT2D eigenvalue weighted by molar-refractivity contribution is 9.10. The first-order chi connectivity index (χ1) is 10.1. The number of ether oxygens (including phenoxy) is 2. The van der Waals surface area contributed by atoms with Gasteiger partial charge in [0.15, 0.2) is 0 Å². The highest BCUT2D eigenvalue weighted by atomic mass is 79.9. The highest BCUT2D eigenvalue weighted by Crippen LogP contribution is 2.31. The van der Waals surface area contributed by atoms with Crippen LogP contribution in [0.5, 0.6) is 11.5 Å². The lowest BCUT2D eigenvalue weighted by molar-refractivity contribution is 0.184. The van der Waals surface area contributed by atoms with Crippen LogP contribution in [0.4, 0.5) is 0 Å².